The second-order valence-electron chi connectivity index (χ2n) is 7.53. The van der Waals surface area contributed by atoms with Crippen LogP contribution in [0.2, 0.25) is 0 Å². The number of ether oxygens (including phenoxy) is 3. The minimum absolute atomic E-state index is 0.0694. The lowest BCUT2D eigenvalue weighted by molar-refractivity contribution is -0.135. The smallest absolute Gasteiger partial charge is 0.242 e. The number of fused-ring (bicyclic) bond motifs is 1. The van der Waals surface area contributed by atoms with E-state index < -0.39 is 0 Å². The number of methoxy groups -OCH3 is 2. The summed E-state index contributed by atoms with van der Waals surface area (Å²) in [7, 11) is 3.13. The molecular formula is C24H27N3O5S. The van der Waals surface area contributed by atoms with Gasteiger partial charge in [0.15, 0.2) is 0 Å². The van der Waals surface area contributed by atoms with E-state index in [0.29, 0.717) is 43.5 Å². The van der Waals surface area contributed by atoms with E-state index in [1.807, 2.05) is 39.9 Å². The highest BCUT2D eigenvalue weighted by atomic mass is 32.2. The number of nitrogens with one attached hydrogen (secondary N) is 1. The first-order chi connectivity index (χ1) is 16.1. The van der Waals surface area contributed by atoms with Crippen LogP contribution >= 0.6 is 11.8 Å². The summed E-state index contributed by atoms with van der Waals surface area (Å²) in [6.07, 6.45) is 1.95. The minimum Gasteiger partial charge on any atom is -0.497 e. The van der Waals surface area contributed by atoms with E-state index in [0.717, 1.165) is 15.8 Å². The van der Waals surface area contributed by atoms with E-state index >= 15 is 0 Å². The second-order valence-corrected chi connectivity index (χ2v) is 8.55. The molecule has 9 heteroatoms. The van der Waals surface area contributed by atoms with Crippen molar-refractivity contribution in [3.63, 3.8) is 0 Å². The van der Waals surface area contributed by atoms with E-state index in [-0.39, 0.29) is 24.1 Å². The van der Waals surface area contributed by atoms with Crippen LogP contribution in [0.25, 0.3) is 10.9 Å². The van der Waals surface area contributed by atoms with Crippen LogP contribution < -0.4 is 14.8 Å². The van der Waals surface area contributed by atoms with Crippen molar-refractivity contribution in [1.29, 1.82) is 0 Å². The molecular weight excluding hydrogens is 442 g/mol. The Bertz CT molecular complexity index is 1140. The number of anilines is 1. The summed E-state index contributed by atoms with van der Waals surface area (Å²) >= 11 is 1.44. The van der Waals surface area contributed by atoms with Crippen molar-refractivity contribution in [2.75, 3.05) is 51.6 Å². The predicted octanol–water partition coefficient (Wildman–Crippen LogP) is 3.25. The fourth-order valence-electron chi connectivity index (χ4n) is 3.75. The van der Waals surface area contributed by atoms with Gasteiger partial charge < -0.3 is 29.0 Å². The van der Waals surface area contributed by atoms with E-state index in [2.05, 4.69) is 5.32 Å². The first-order valence-electron chi connectivity index (χ1n) is 10.7. The quantitative estimate of drug-likeness (QED) is 0.510. The molecule has 1 aromatic heterocycles. The van der Waals surface area contributed by atoms with Crippen molar-refractivity contribution in [3.05, 3.63) is 48.7 Å². The fourth-order valence-corrected chi connectivity index (χ4v) is 4.64. The molecule has 0 radical (unpaired) electrons. The first kappa shape index (κ1) is 23.0. The van der Waals surface area contributed by atoms with E-state index in [1.165, 1.54) is 11.8 Å². The Kier molecular flexibility index (Phi) is 7.41. The molecule has 2 aromatic carbocycles. The van der Waals surface area contributed by atoms with E-state index in [9.17, 15) is 9.59 Å². The number of aromatic nitrogens is 1. The van der Waals surface area contributed by atoms with Crippen molar-refractivity contribution < 1.29 is 23.8 Å². The highest BCUT2D eigenvalue weighted by Gasteiger charge is 2.19. The summed E-state index contributed by atoms with van der Waals surface area (Å²) in [5.41, 5.74) is 1.56. The molecule has 174 valence electrons. The summed E-state index contributed by atoms with van der Waals surface area (Å²) in [6, 6.07) is 13.2. The highest BCUT2D eigenvalue weighted by molar-refractivity contribution is 8.00. The van der Waals surface area contributed by atoms with Crippen LogP contribution in [0.5, 0.6) is 11.5 Å². The maximum Gasteiger partial charge on any atom is 0.242 e. The molecule has 4 rings (SSSR count). The van der Waals surface area contributed by atoms with Gasteiger partial charge in [-0.2, -0.15) is 0 Å². The summed E-state index contributed by atoms with van der Waals surface area (Å²) in [4.78, 5) is 28.2. The lowest BCUT2D eigenvalue weighted by Gasteiger charge is -2.27. The molecule has 2 heterocycles. The SMILES string of the molecule is COc1ccc(NC(=O)CSc2cn(CC(=O)N3CCOCC3)c3ccccc23)c(OC)c1. The first-order valence-corrected chi connectivity index (χ1v) is 11.7. The fraction of sp³-hybridized carbons (Fsp3) is 0.333. The number of amides is 2. The zero-order valence-corrected chi connectivity index (χ0v) is 19.5. The van der Waals surface area contributed by atoms with Crippen LogP contribution in [0.4, 0.5) is 5.69 Å². The molecule has 0 unspecified atom stereocenters. The molecule has 33 heavy (non-hydrogen) atoms. The molecule has 0 saturated carbocycles. The highest BCUT2D eigenvalue weighted by Crippen LogP contribution is 2.32. The molecule has 1 fully saturated rings. The molecule has 3 aromatic rings. The van der Waals surface area contributed by atoms with Crippen LogP contribution in [-0.2, 0) is 20.9 Å². The number of hydrogen-bond acceptors (Lipinski definition) is 6. The van der Waals surface area contributed by atoms with Crippen molar-refractivity contribution in [3.8, 4) is 11.5 Å². The van der Waals surface area contributed by atoms with Gasteiger partial charge in [-0.15, -0.1) is 11.8 Å². The third-order valence-corrected chi connectivity index (χ3v) is 6.51. The Balaban J connectivity index is 1.44. The Morgan fingerprint density at radius 3 is 2.64 bits per heavy atom. The van der Waals surface area contributed by atoms with Crippen molar-refractivity contribution >= 4 is 40.2 Å². The zero-order chi connectivity index (χ0) is 23.2. The Hall–Kier alpha value is -3.17. The molecule has 1 aliphatic rings. The zero-order valence-electron chi connectivity index (χ0n) is 18.7. The van der Waals surface area contributed by atoms with Gasteiger partial charge in [0.1, 0.15) is 18.0 Å². The predicted molar refractivity (Wildman–Crippen MR) is 128 cm³/mol. The van der Waals surface area contributed by atoms with Crippen molar-refractivity contribution in [1.82, 2.24) is 9.47 Å². The van der Waals surface area contributed by atoms with Gasteiger partial charge >= 0.3 is 0 Å². The molecule has 0 bridgehead atoms. The number of rotatable bonds is 8. The Labute approximate surface area is 196 Å². The van der Waals surface area contributed by atoms with Gasteiger partial charge in [0.2, 0.25) is 11.8 Å². The van der Waals surface area contributed by atoms with Gasteiger partial charge in [-0.1, -0.05) is 18.2 Å². The topological polar surface area (TPSA) is 82.0 Å². The lowest BCUT2D eigenvalue weighted by Crippen LogP contribution is -2.42. The molecule has 8 nitrogen and oxygen atoms in total. The van der Waals surface area contributed by atoms with Gasteiger partial charge in [0, 0.05) is 41.2 Å². The summed E-state index contributed by atoms with van der Waals surface area (Å²) in [5.74, 6) is 1.33. The number of para-hydroxylation sites is 1. The van der Waals surface area contributed by atoms with Crippen LogP contribution in [0.15, 0.2) is 53.6 Å². The third-order valence-electron chi connectivity index (χ3n) is 5.46. The standard InChI is InChI=1S/C24H27N3O5S/c1-30-17-7-8-19(21(13-17)31-2)25-23(28)16-33-22-14-27(20-6-4-3-5-18(20)22)15-24(29)26-9-11-32-12-10-26/h3-8,13-14H,9-12,15-16H2,1-2H3,(H,25,28). The van der Waals surface area contributed by atoms with Crippen molar-refractivity contribution in [2.24, 2.45) is 0 Å². The average molecular weight is 470 g/mol. The van der Waals surface area contributed by atoms with Gasteiger partial charge in [-0.05, 0) is 18.2 Å². The number of morpholine rings is 1. The van der Waals surface area contributed by atoms with Gasteiger partial charge in [-0.25, -0.2) is 0 Å². The number of benzene rings is 2. The molecule has 0 atom stereocenters. The lowest BCUT2D eigenvalue weighted by atomic mass is 10.2. The largest absolute Gasteiger partial charge is 0.497 e. The molecule has 1 N–H and O–H groups in total. The third kappa shape index (κ3) is 5.43. The Morgan fingerprint density at radius 1 is 1.09 bits per heavy atom. The van der Waals surface area contributed by atoms with Crippen LogP contribution in [0.1, 0.15) is 0 Å². The van der Waals surface area contributed by atoms with E-state index in [4.69, 9.17) is 14.2 Å². The second kappa shape index (κ2) is 10.6. The maximum absolute atomic E-state index is 12.8. The van der Waals surface area contributed by atoms with Crippen LogP contribution in [0.3, 0.4) is 0 Å². The van der Waals surface area contributed by atoms with Crippen LogP contribution in [-0.4, -0.2) is 67.6 Å². The number of hydrogen-bond donors (Lipinski definition) is 1. The summed E-state index contributed by atoms with van der Waals surface area (Å²) < 4.78 is 17.8. The molecule has 2 amide bonds. The molecule has 1 aliphatic heterocycles. The van der Waals surface area contributed by atoms with Gasteiger partial charge in [0.05, 0.1) is 38.9 Å². The molecule has 1 saturated heterocycles. The average Bonchev–Trinajstić information content (AvgIpc) is 3.20. The number of carbonyl (C=O) groups excluding carboxylic acids is 2. The number of thioether (sulfide) groups is 1. The molecule has 0 spiro atoms. The minimum atomic E-state index is -0.148. The Morgan fingerprint density at radius 2 is 1.88 bits per heavy atom. The van der Waals surface area contributed by atoms with Crippen molar-refractivity contribution in [2.45, 2.75) is 11.4 Å². The van der Waals surface area contributed by atoms with Gasteiger partial charge in [-0.3, -0.25) is 9.59 Å². The monoisotopic (exact) mass is 469 g/mol. The summed E-state index contributed by atoms with van der Waals surface area (Å²) in [5, 5.41) is 3.91. The summed E-state index contributed by atoms with van der Waals surface area (Å²) in [6.45, 7) is 2.65. The normalized spacial score (nSPS) is 13.7. The number of nitrogens with zero attached hydrogens (tertiary/aromatic N) is 2. The van der Waals surface area contributed by atoms with Gasteiger partial charge in [0.25, 0.3) is 0 Å². The number of carbonyl (C=O) groups is 2. The van der Waals surface area contributed by atoms with E-state index in [1.54, 1.807) is 32.4 Å². The van der Waals surface area contributed by atoms with Crippen LogP contribution in [0, 0.1) is 0 Å². The molecule has 0 aliphatic carbocycles. The maximum atomic E-state index is 12.8.